The predicted molar refractivity (Wildman–Crippen MR) is 30.4 cm³/mol. The van der Waals surface area contributed by atoms with Crippen LogP contribution in [0.1, 0.15) is 10.5 Å². The molecule has 0 aliphatic heterocycles. The van der Waals surface area contributed by atoms with Gasteiger partial charge in [0.05, 0.1) is 6.20 Å². The lowest BCUT2D eigenvalue weighted by molar-refractivity contribution is 0.0690. The highest BCUT2D eigenvalue weighted by Crippen LogP contribution is 1.91. The predicted octanol–water partition coefficient (Wildman–Crippen LogP) is -0.498. The largest absolute Gasteiger partial charge is 0.476 e. The van der Waals surface area contributed by atoms with Gasteiger partial charge in [-0.1, -0.05) is 5.21 Å². The van der Waals surface area contributed by atoms with Gasteiger partial charge in [0.1, 0.15) is 0 Å². The fraction of sp³-hybridized carbons (Fsp3) is 0. The summed E-state index contributed by atoms with van der Waals surface area (Å²) in [6.45, 7) is 0. The zero-order valence-electron chi connectivity index (χ0n) is 5.13. The quantitative estimate of drug-likeness (QED) is 0.569. The van der Waals surface area contributed by atoms with Crippen molar-refractivity contribution in [3.63, 3.8) is 0 Å². The summed E-state index contributed by atoms with van der Waals surface area (Å²) in [5, 5.41) is 22.6. The van der Waals surface area contributed by atoms with Crippen molar-refractivity contribution in [1.29, 1.82) is 0 Å². The van der Waals surface area contributed by atoms with Crippen molar-refractivity contribution < 1.29 is 19.8 Å². The maximum atomic E-state index is 10.1. The molecule has 0 bridgehead atoms. The van der Waals surface area contributed by atoms with Gasteiger partial charge in [0.25, 0.3) is 0 Å². The Morgan fingerprint density at radius 2 is 2.09 bits per heavy atom. The van der Waals surface area contributed by atoms with Gasteiger partial charge in [-0.05, 0) is 0 Å². The van der Waals surface area contributed by atoms with Crippen LogP contribution in [0.2, 0.25) is 0 Å². The molecule has 1 heterocycles. The molecule has 7 nitrogen and oxygen atoms in total. The van der Waals surface area contributed by atoms with Gasteiger partial charge in [-0.3, -0.25) is 0 Å². The second-order valence-corrected chi connectivity index (χ2v) is 1.64. The zero-order valence-corrected chi connectivity index (χ0v) is 5.13. The molecule has 1 rings (SSSR count). The highest BCUT2D eigenvalue weighted by Gasteiger charge is 2.10. The van der Waals surface area contributed by atoms with Crippen molar-refractivity contribution >= 4 is 12.1 Å². The molecule has 0 saturated heterocycles. The summed E-state index contributed by atoms with van der Waals surface area (Å²) in [6, 6.07) is 0. The van der Waals surface area contributed by atoms with E-state index >= 15 is 0 Å². The Hall–Kier alpha value is -1.92. The third-order valence-corrected chi connectivity index (χ3v) is 0.908. The van der Waals surface area contributed by atoms with Crippen LogP contribution in [0.15, 0.2) is 6.20 Å². The molecule has 0 atom stereocenters. The van der Waals surface area contributed by atoms with E-state index in [1.165, 1.54) is 0 Å². The van der Waals surface area contributed by atoms with Gasteiger partial charge >= 0.3 is 12.1 Å². The van der Waals surface area contributed by atoms with Gasteiger partial charge in [0.2, 0.25) is 0 Å². The maximum Gasteiger partial charge on any atom is 0.433 e. The van der Waals surface area contributed by atoms with Gasteiger partial charge in [-0.2, -0.15) is 4.68 Å². The van der Waals surface area contributed by atoms with E-state index in [1.807, 2.05) is 0 Å². The molecule has 0 aliphatic rings. The number of aromatic nitrogens is 3. The highest BCUT2D eigenvalue weighted by molar-refractivity contribution is 5.85. The zero-order chi connectivity index (χ0) is 8.43. The molecule has 7 heteroatoms. The van der Waals surface area contributed by atoms with Gasteiger partial charge in [-0.25, -0.2) is 9.59 Å². The lowest BCUT2D eigenvalue weighted by Gasteiger charge is -1.84. The number of aromatic carboxylic acids is 1. The Balaban J connectivity index is 2.99. The second kappa shape index (κ2) is 2.37. The Morgan fingerprint density at radius 1 is 1.45 bits per heavy atom. The van der Waals surface area contributed by atoms with E-state index in [4.69, 9.17) is 10.2 Å². The summed E-state index contributed by atoms with van der Waals surface area (Å²) in [5.74, 6) is -1.31. The summed E-state index contributed by atoms with van der Waals surface area (Å²) < 4.78 is 0.420. The molecule has 0 aromatic carbocycles. The van der Waals surface area contributed by atoms with Crippen LogP contribution in [0.25, 0.3) is 0 Å². The second-order valence-electron chi connectivity index (χ2n) is 1.64. The number of carbonyl (C=O) groups is 2. The molecule has 0 fully saturated rings. The molecular weight excluding hydrogens is 154 g/mol. The van der Waals surface area contributed by atoms with Crippen LogP contribution in [-0.4, -0.2) is 37.3 Å². The SMILES string of the molecule is O=C(O)c1cn(C(=O)O)nn1. The Bertz CT molecular complexity index is 276. The van der Waals surface area contributed by atoms with Crippen molar-refractivity contribution in [2.75, 3.05) is 0 Å². The van der Waals surface area contributed by atoms with Crippen LogP contribution < -0.4 is 0 Å². The van der Waals surface area contributed by atoms with E-state index < -0.39 is 17.8 Å². The molecule has 0 aliphatic carbocycles. The van der Waals surface area contributed by atoms with E-state index in [2.05, 4.69) is 10.3 Å². The van der Waals surface area contributed by atoms with Gasteiger partial charge in [0.15, 0.2) is 5.69 Å². The average Bonchev–Trinajstić information content (AvgIpc) is 2.33. The molecule has 0 radical (unpaired) electrons. The first-order chi connectivity index (χ1) is 5.11. The summed E-state index contributed by atoms with van der Waals surface area (Å²) in [5.41, 5.74) is -0.396. The average molecular weight is 157 g/mol. The summed E-state index contributed by atoms with van der Waals surface area (Å²) in [4.78, 5) is 20.2. The van der Waals surface area contributed by atoms with Gasteiger partial charge in [0, 0.05) is 0 Å². The number of hydrogen-bond donors (Lipinski definition) is 2. The molecule has 0 amide bonds. The molecule has 0 spiro atoms. The molecule has 58 valence electrons. The Morgan fingerprint density at radius 3 is 2.36 bits per heavy atom. The third kappa shape index (κ3) is 1.31. The first-order valence-electron chi connectivity index (χ1n) is 2.50. The summed E-state index contributed by atoms with van der Waals surface area (Å²) >= 11 is 0. The first kappa shape index (κ1) is 7.19. The van der Waals surface area contributed by atoms with Crippen molar-refractivity contribution in [3.8, 4) is 0 Å². The van der Waals surface area contributed by atoms with E-state index in [0.717, 1.165) is 6.20 Å². The number of carboxylic acid groups (broad SMARTS) is 2. The fourth-order valence-corrected chi connectivity index (χ4v) is 0.455. The number of rotatable bonds is 1. The van der Waals surface area contributed by atoms with Crippen LogP contribution >= 0.6 is 0 Å². The molecule has 1 aromatic heterocycles. The minimum absolute atomic E-state index is 0.396. The van der Waals surface area contributed by atoms with Gasteiger partial charge in [-0.15, -0.1) is 5.10 Å². The highest BCUT2D eigenvalue weighted by atomic mass is 16.4. The minimum atomic E-state index is -1.37. The Kier molecular flexibility index (Phi) is 1.55. The van der Waals surface area contributed by atoms with Crippen LogP contribution in [-0.2, 0) is 0 Å². The monoisotopic (exact) mass is 157 g/mol. The molecular formula is C4H3N3O4. The van der Waals surface area contributed by atoms with Crippen LogP contribution in [0, 0.1) is 0 Å². The fourth-order valence-electron chi connectivity index (χ4n) is 0.455. The van der Waals surface area contributed by atoms with Crippen molar-refractivity contribution in [3.05, 3.63) is 11.9 Å². The summed E-state index contributed by atoms with van der Waals surface area (Å²) in [6.07, 6.45) is -0.560. The van der Waals surface area contributed by atoms with E-state index in [0.29, 0.717) is 4.68 Å². The number of carboxylic acids is 1. The first-order valence-corrected chi connectivity index (χ1v) is 2.50. The lowest BCUT2D eigenvalue weighted by Crippen LogP contribution is -2.08. The van der Waals surface area contributed by atoms with Crippen LogP contribution in [0.4, 0.5) is 4.79 Å². The molecule has 2 N–H and O–H groups in total. The number of hydrogen-bond acceptors (Lipinski definition) is 4. The molecule has 1 aromatic rings. The van der Waals surface area contributed by atoms with Gasteiger partial charge < -0.3 is 10.2 Å². The van der Waals surface area contributed by atoms with E-state index in [9.17, 15) is 9.59 Å². The van der Waals surface area contributed by atoms with E-state index in [1.54, 1.807) is 0 Å². The normalized spacial score (nSPS) is 9.45. The number of nitrogens with zero attached hydrogens (tertiary/aromatic N) is 3. The molecule has 0 unspecified atom stereocenters. The third-order valence-electron chi connectivity index (χ3n) is 0.908. The standard InChI is InChI=1S/C4H3N3O4/c8-3(9)2-1-7(4(10)11)6-5-2/h1H,(H,8,9)(H,10,11). The molecule has 11 heavy (non-hydrogen) atoms. The van der Waals surface area contributed by atoms with Crippen LogP contribution in [0.3, 0.4) is 0 Å². The Labute approximate surface area is 59.9 Å². The lowest BCUT2D eigenvalue weighted by atomic mass is 10.5. The van der Waals surface area contributed by atoms with E-state index in [-0.39, 0.29) is 0 Å². The van der Waals surface area contributed by atoms with Crippen LogP contribution in [0.5, 0.6) is 0 Å². The smallest absolute Gasteiger partial charge is 0.433 e. The topological polar surface area (TPSA) is 105 Å². The maximum absolute atomic E-state index is 10.1. The van der Waals surface area contributed by atoms with Crippen molar-refractivity contribution in [1.82, 2.24) is 15.0 Å². The summed E-state index contributed by atoms with van der Waals surface area (Å²) in [7, 11) is 0. The van der Waals surface area contributed by atoms with Crippen molar-refractivity contribution in [2.45, 2.75) is 0 Å². The minimum Gasteiger partial charge on any atom is -0.476 e. The molecule has 0 saturated carbocycles. The van der Waals surface area contributed by atoms with Crippen molar-refractivity contribution in [2.24, 2.45) is 0 Å².